The molecule has 10 nitrogen and oxygen atoms in total. The first-order valence-corrected chi connectivity index (χ1v) is 21.1. The molecule has 55 heavy (non-hydrogen) atoms. The molecule has 16 heteroatoms. The molecule has 0 aliphatic heterocycles. The number of halogens is 5. The number of ether oxygens (including phenoxy) is 3. The van der Waals surface area contributed by atoms with E-state index in [4.69, 9.17) is 9.47 Å². The zero-order valence-corrected chi connectivity index (χ0v) is 31.9. The van der Waals surface area contributed by atoms with Gasteiger partial charge in [-0.15, -0.1) is 0 Å². The molecule has 4 atom stereocenters. The van der Waals surface area contributed by atoms with E-state index in [2.05, 4.69) is 11.7 Å². The number of benzene rings is 1. The van der Waals surface area contributed by atoms with Gasteiger partial charge in [-0.3, -0.25) is 9.59 Å². The largest absolute Gasteiger partial charge is 0.743 e. The minimum Gasteiger partial charge on any atom is -0.743 e. The summed E-state index contributed by atoms with van der Waals surface area (Å²) in [4.78, 5) is 41.5. The van der Waals surface area contributed by atoms with Gasteiger partial charge < -0.3 is 23.7 Å². The van der Waals surface area contributed by atoms with E-state index in [0.29, 0.717) is 35.3 Å². The van der Waals surface area contributed by atoms with Crippen LogP contribution in [0, 0.1) is 40.4 Å². The van der Waals surface area contributed by atoms with Crippen LogP contribution in [0.3, 0.4) is 0 Å². The lowest BCUT2D eigenvalue weighted by Crippen LogP contribution is -2.52. The van der Waals surface area contributed by atoms with Crippen molar-refractivity contribution < 1.29 is 63.5 Å². The van der Waals surface area contributed by atoms with E-state index in [9.17, 15) is 49.3 Å². The van der Waals surface area contributed by atoms with Crippen LogP contribution in [-0.4, -0.2) is 74.7 Å². The second-order valence-electron chi connectivity index (χ2n) is 17.0. The molecule has 0 heterocycles. The first-order valence-electron chi connectivity index (χ1n) is 19.6. The predicted octanol–water partition coefficient (Wildman–Crippen LogP) is 7.80. The van der Waals surface area contributed by atoms with Crippen LogP contribution in [0.1, 0.15) is 114 Å². The van der Waals surface area contributed by atoms with Crippen molar-refractivity contribution in [2.45, 2.75) is 121 Å². The van der Waals surface area contributed by atoms with Crippen molar-refractivity contribution in [3.8, 4) is 0 Å². The predicted molar refractivity (Wildman–Crippen MR) is 188 cm³/mol. The average molecular weight is 805 g/mol. The number of fused-ring (bicyclic) bond motifs is 2. The summed E-state index contributed by atoms with van der Waals surface area (Å²) >= 11 is 0. The number of anilines is 1. The fourth-order valence-corrected chi connectivity index (χ4v) is 11.4. The van der Waals surface area contributed by atoms with Crippen molar-refractivity contribution in [1.29, 1.82) is 0 Å². The summed E-state index contributed by atoms with van der Waals surface area (Å²) in [5, 5.41) is -5.98. The number of alkyl halides is 5. The number of carbonyl (C=O) groups excluding carboxylic acids is 3. The fourth-order valence-electron chi connectivity index (χ4n) is 10.9. The molecule has 0 spiro atoms. The summed E-state index contributed by atoms with van der Waals surface area (Å²) in [5.74, 6) is 0.261. The van der Waals surface area contributed by atoms with Gasteiger partial charge in [-0.25, -0.2) is 13.2 Å². The first kappa shape index (κ1) is 41.6. The third-order valence-electron chi connectivity index (χ3n) is 13.1. The van der Waals surface area contributed by atoms with Crippen LogP contribution in [0.5, 0.6) is 0 Å². The van der Waals surface area contributed by atoms with Crippen molar-refractivity contribution >= 4 is 33.7 Å². The highest BCUT2D eigenvalue weighted by molar-refractivity contribution is 7.86. The van der Waals surface area contributed by atoms with Gasteiger partial charge in [0, 0.05) is 5.69 Å². The van der Waals surface area contributed by atoms with Crippen molar-refractivity contribution in [3.05, 3.63) is 29.8 Å². The van der Waals surface area contributed by atoms with Gasteiger partial charge in [-0.2, -0.15) is 22.0 Å². The Kier molecular flexibility index (Phi) is 12.2. The molecule has 6 saturated carbocycles. The zero-order chi connectivity index (χ0) is 39.8. The summed E-state index contributed by atoms with van der Waals surface area (Å²) in [6, 6.07) is 4.59. The molecule has 6 aliphatic carbocycles. The smallest absolute Gasteiger partial charge is 0.432 e. The topological polar surface area (TPSA) is 139 Å². The number of hydrogen-bond acceptors (Lipinski definition) is 10. The third-order valence-corrected chi connectivity index (χ3v) is 13.9. The highest BCUT2D eigenvalue weighted by atomic mass is 32.2. The molecule has 1 aromatic carbocycles. The van der Waals surface area contributed by atoms with Crippen LogP contribution in [0.4, 0.5) is 27.6 Å². The Hall–Kier alpha value is -3.01. The number of hydrogen-bond donors (Lipinski definition) is 0. The van der Waals surface area contributed by atoms with E-state index in [-0.39, 0.29) is 38.2 Å². The van der Waals surface area contributed by atoms with Gasteiger partial charge in [0.25, 0.3) is 6.10 Å². The Morgan fingerprint density at radius 2 is 1.36 bits per heavy atom. The van der Waals surface area contributed by atoms with Gasteiger partial charge in [0.05, 0.1) is 29.5 Å². The van der Waals surface area contributed by atoms with E-state index < -0.39 is 50.0 Å². The van der Waals surface area contributed by atoms with E-state index in [0.717, 1.165) is 108 Å². The Morgan fingerprint density at radius 1 is 0.818 bits per heavy atom. The minimum atomic E-state index is -6.85. The Morgan fingerprint density at radius 3 is 1.89 bits per heavy atom. The quantitative estimate of drug-likeness (QED) is 0.0747. The summed E-state index contributed by atoms with van der Waals surface area (Å²) in [6.45, 7) is 2.39. The van der Waals surface area contributed by atoms with Crippen LogP contribution in [0.25, 0.3) is 0 Å². The van der Waals surface area contributed by atoms with Crippen molar-refractivity contribution in [2.75, 3.05) is 31.2 Å². The molecule has 0 radical (unpaired) electrons. The molecule has 308 valence electrons. The molecule has 1 aromatic rings. The average Bonchev–Trinajstić information content (AvgIpc) is 3.23. The maximum absolute atomic E-state index is 14.0. The fraction of sp³-hybridized carbons (Fsp3) is 0.769. The molecule has 0 amide bonds. The summed E-state index contributed by atoms with van der Waals surface area (Å²) in [5.41, 5.74) is -1.27. The summed E-state index contributed by atoms with van der Waals surface area (Å²) in [7, 11) is -6.85. The standard InChI is InChI=1S/C39H52F5NO9S/c1-2-4-25-10-12-36(11-3-5-26(17-25)21-36)34(47)52-15-13-45(14-16-53-35(48)37-22-27-18-28(23-37)20-29(19-27)24-37)31-8-6-30(7-9-31)32(46)54-33(38(40,41)42)39(43,44)55(49,50)51/h6-9,25-29,33H,2-5,10-24H2,1H3,(H,49,50,51)/p-1. The second-order valence-corrected chi connectivity index (χ2v) is 18.5. The van der Waals surface area contributed by atoms with Crippen LogP contribution in [0.15, 0.2) is 24.3 Å². The SMILES string of the molecule is CCCC1CCC2(C(=O)OCCN(CCOC(=O)C34CC5CC(CC(C5)C3)C4)c3ccc(C(=O)OC(C(F)(F)F)C(F)(F)S(=O)(=O)[O-])cc3)CCCC(C1)C2. The molecular formula is C39H51F5NO9S-. The summed E-state index contributed by atoms with van der Waals surface area (Å²) in [6.07, 6.45) is 4.05. The second kappa shape index (κ2) is 16.1. The highest BCUT2D eigenvalue weighted by Gasteiger charge is 2.63. The molecule has 6 aliphatic rings. The lowest BCUT2D eigenvalue weighted by Gasteiger charge is -2.55. The van der Waals surface area contributed by atoms with Gasteiger partial charge in [0.2, 0.25) is 0 Å². The molecule has 7 rings (SSSR count). The molecular weight excluding hydrogens is 753 g/mol. The molecule has 6 fully saturated rings. The molecule has 0 N–H and O–H groups in total. The van der Waals surface area contributed by atoms with Crippen LogP contribution >= 0.6 is 0 Å². The maximum Gasteiger partial charge on any atom is 0.432 e. The Bertz CT molecular complexity index is 1630. The lowest BCUT2D eigenvalue weighted by atomic mass is 9.49. The lowest BCUT2D eigenvalue weighted by molar-refractivity contribution is -0.248. The number of esters is 3. The number of rotatable bonds is 15. The zero-order valence-electron chi connectivity index (χ0n) is 31.1. The van der Waals surface area contributed by atoms with E-state index >= 15 is 0 Å². The van der Waals surface area contributed by atoms with Crippen LogP contribution in [0.2, 0.25) is 0 Å². The molecule has 4 unspecified atom stereocenters. The number of nitrogens with zero attached hydrogens (tertiary/aromatic N) is 1. The van der Waals surface area contributed by atoms with Crippen LogP contribution < -0.4 is 4.90 Å². The van der Waals surface area contributed by atoms with Gasteiger partial charge in [-0.1, -0.05) is 32.6 Å². The highest BCUT2D eigenvalue weighted by Crippen LogP contribution is 2.60. The Labute approximate surface area is 318 Å². The van der Waals surface area contributed by atoms with Crippen LogP contribution in [-0.2, 0) is 33.9 Å². The van der Waals surface area contributed by atoms with E-state index in [1.54, 1.807) is 4.90 Å². The maximum atomic E-state index is 14.0. The molecule has 0 aromatic heterocycles. The van der Waals surface area contributed by atoms with E-state index in [1.165, 1.54) is 12.1 Å². The van der Waals surface area contributed by atoms with Crippen molar-refractivity contribution in [2.24, 2.45) is 40.4 Å². The molecule has 6 bridgehead atoms. The summed E-state index contributed by atoms with van der Waals surface area (Å²) < 4.78 is 117. The van der Waals surface area contributed by atoms with Crippen molar-refractivity contribution in [1.82, 2.24) is 0 Å². The van der Waals surface area contributed by atoms with Crippen molar-refractivity contribution in [3.63, 3.8) is 0 Å². The molecule has 0 saturated heterocycles. The first-order chi connectivity index (χ1) is 25.8. The van der Waals surface area contributed by atoms with Gasteiger partial charge in [0.1, 0.15) is 13.2 Å². The van der Waals surface area contributed by atoms with E-state index in [1.807, 2.05) is 0 Å². The van der Waals surface area contributed by atoms with Gasteiger partial charge in [0.15, 0.2) is 10.1 Å². The van der Waals surface area contributed by atoms with Gasteiger partial charge >= 0.3 is 29.3 Å². The minimum absolute atomic E-state index is 0.0191. The monoisotopic (exact) mass is 804 g/mol. The Balaban J connectivity index is 1.13. The van der Waals surface area contributed by atoms with Gasteiger partial charge in [-0.05, 0) is 124 Å². The third kappa shape index (κ3) is 9.10. The number of carbonyl (C=O) groups is 3. The normalized spacial score (nSPS) is 30.9.